The van der Waals surface area contributed by atoms with Crippen molar-refractivity contribution >= 4 is 0 Å². The Balaban J connectivity index is 1.82. The lowest BCUT2D eigenvalue weighted by molar-refractivity contribution is 0.120. The van der Waals surface area contributed by atoms with Gasteiger partial charge in [0.05, 0.1) is 0 Å². The molecule has 3 unspecified atom stereocenters. The third-order valence-electron chi connectivity index (χ3n) is 4.80. The molecular formula is C18H30N2. The van der Waals surface area contributed by atoms with E-state index in [9.17, 15) is 0 Å². The summed E-state index contributed by atoms with van der Waals surface area (Å²) in [4.78, 5) is 2.55. The fourth-order valence-corrected chi connectivity index (χ4v) is 3.45. The zero-order chi connectivity index (χ0) is 14.4. The van der Waals surface area contributed by atoms with Gasteiger partial charge in [0.25, 0.3) is 0 Å². The molecule has 0 amide bonds. The first-order valence-corrected chi connectivity index (χ1v) is 8.21. The summed E-state index contributed by atoms with van der Waals surface area (Å²) >= 11 is 0. The molecule has 1 aliphatic rings. The number of nitrogens with zero attached hydrogens (tertiary/aromatic N) is 1. The fourth-order valence-electron chi connectivity index (χ4n) is 3.45. The number of benzene rings is 1. The van der Waals surface area contributed by atoms with Crippen LogP contribution in [-0.4, -0.2) is 24.5 Å². The van der Waals surface area contributed by atoms with Crippen molar-refractivity contribution in [2.45, 2.75) is 57.5 Å². The molecule has 0 radical (unpaired) electrons. The Morgan fingerprint density at radius 2 is 2.00 bits per heavy atom. The van der Waals surface area contributed by atoms with Gasteiger partial charge in [0.1, 0.15) is 0 Å². The molecule has 1 aromatic rings. The molecule has 1 fully saturated rings. The van der Waals surface area contributed by atoms with Crippen molar-refractivity contribution in [2.24, 2.45) is 11.7 Å². The van der Waals surface area contributed by atoms with Gasteiger partial charge in [0.2, 0.25) is 0 Å². The van der Waals surface area contributed by atoms with E-state index in [-0.39, 0.29) is 6.04 Å². The van der Waals surface area contributed by atoms with Crippen LogP contribution in [0, 0.1) is 5.92 Å². The summed E-state index contributed by atoms with van der Waals surface area (Å²) in [5.74, 6) is 0.907. The molecule has 0 bridgehead atoms. The van der Waals surface area contributed by atoms with Gasteiger partial charge in [-0.2, -0.15) is 0 Å². The SMILES string of the molecule is CCCCC1CCC(CC(N)c2ccccc2)N(C)C1. The molecule has 1 aromatic carbocycles. The van der Waals surface area contributed by atoms with E-state index in [0.717, 1.165) is 12.3 Å². The molecule has 0 aliphatic carbocycles. The number of hydrogen-bond acceptors (Lipinski definition) is 2. The Bertz CT molecular complexity index is 376. The summed E-state index contributed by atoms with van der Waals surface area (Å²) < 4.78 is 0. The van der Waals surface area contributed by atoms with E-state index >= 15 is 0 Å². The Hall–Kier alpha value is -0.860. The third-order valence-corrected chi connectivity index (χ3v) is 4.80. The van der Waals surface area contributed by atoms with Crippen LogP contribution in [0.5, 0.6) is 0 Å². The summed E-state index contributed by atoms with van der Waals surface area (Å²) in [5, 5.41) is 0. The van der Waals surface area contributed by atoms with Crippen LogP contribution in [0.15, 0.2) is 30.3 Å². The van der Waals surface area contributed by atoms with Crippen molar-refractivity contribution in [2.75, 3.05) is 13.6 Å². The molecule has 1 saturated heterocycles. The van der Waals surface area contributed by atoms with Crippen LogP contribution < -0.4 is 5.73 Å². The minimum atomic E-state index is 0.177. The van der Waals surface area contributed by atoms with Crippen LogP contribution in [0.25, 0.3) is 0 Å². The molecule has 0 spiro atoms. The second-order valence-corrected chi connectivity index (χ2v) is 6.43. The second-order valence-electron chi connectivity index (χ2n) is 6.43. The van der Waals surface area contributed by atoms with Gasteiger partial charge in [0.15, 0.2) is 0 Å². The predicted molar refractivity (Wildman–Crippen MR) is 86.7 cm³/mol. The molecule has 0 saturated carbocycles. The molecule has 2 rings (SSSR count). The number of rotatable bonds is 6. The highest BCUT2D eigenvalue weighted by Gasteiger charge is 2.26. The maximum Gasteiger partial charge on any atom is 0.0309 e. The van der Waals surface area contributed by atoms with Gasteiger partial charge >= 0.3 is 0 Å². The summed E-state index contributed by atoms with van der Waals surface area (Å²) in [7, 11) is 2.28. The normalized spacial score (nSPS) is 25.6. The molecular weight excluding hydrogens is 244 g/mol. The monoisotopic (exact) mass is 274 g/mol. The Morgan fingerprint density at radius 3 is 2.65 bits per heavy atom. The lowest BCUT2D eigenvalue weighted by atomic mass is 9.86. The number of likely N-dealkylation sites (tertiary alicyclic amines) is 1. The minimum Gasteiger partial charge on any atom is -0.324 e. The highest BCUT2D eigenvalue weighted by Crippen LogP contribution is 2.29. The lowest BCUT2D eigenvalue weighted by Gasteiger charge is -2.38. The smallest absolute Gasteiger partial charge is 0.0309 e. The summed E-state index contributed by atoms with van der Waals surface area (Å²) in [6.07, 6.45) is 7.89. The van der Waals surface area contributed by atoms with E-state index in [4.69, 9.17) is 5.73 Å². The first-order chi connectivity index (χ1) is 9.70. The summed E-state index contributed by atoms with van der Waals surface area (Å²) in [6, 6.07) is 11.4. The van der Waals surface area contributed by atoms with Crippen molar-refractivity contribution in [1.29, 1.82) is 0 Å². The van der Waals surface area contributed by atoms with Gasteiger partial charge in [-0.25, -0.2) is 0 Å². The van der Waals surface area contributed by atoms with E-state index in [0.29, 0.717) is 6.04 Å². The second kappa shape index (κ2) is 7.80. The van der Waals surface area contributed by atoms with E-state index in [1.165, 1.54) is 44.2 Å². The van der Waals surface area contributed by atoms with Crippen molar-refractivity contribution in [1.82, 2.24) is 4.90 Å². The minimum absolute atomic E-state index is 0.177. The van der Waals surface area contributed by atoms with Crippen molar-refractivity contribution in [3.8, 4) is 0 Å². The average Bonchev–Trinajstić information content (AvgIpc) is 2.48. The number of nitrogens with two attached hydrogens (primary N) is 1. The van der Waals surface area contributed by atoms with Crippen molar-refractivity contribution in [3.63, 3.8) is 0 Å². The first kappa shape index (κ1) is 15.5. The maximum absolute atomic E-state index is 6.38. The van der Waals surface area contributed by atoms with Crippen molar-refractivity contribution < 1.29 is 0 Å². The summed E-state index contributed by atoms with van der Waals surface area (Å²) in [5.41, 5.74) is 7.65. The third kappa shape index (κ3) is 4.32. The van der Waals surface area contributed by atoms with Crippen LogP contribution in [0.4, 0.5) is 0 Å². The lowest BCUT2D eigenvalue weighted by Crippen LogP contribution is -2.42. The summed E-state index contributed by atoms with van der Waals surface area (Å²) in [6.45, 7) is 3.54. The van der Waals surface area contributed by atoms with Crippen LogP contribution in [-0.2, 0) is 0 Å². The van der Waals surface area contributed by atoms with Crippen LogP contribution in [0.2, 0.25) is 0 Å². The number of hydrogen-bond donors (Lipinski definition) is 1. The molecule has 1 aliphatic heterocycles. The maximum atomic E-state index is 6.38. The fraction of sp³-hybridized carbons (Fsp3) is 0.667. The number of unbranched alkanes of at least 4 members (excludes halogenated alkanes) is 1. The largest absolute Gasteiger partial charge is 0.324 e. The molecule has 3 atom stereocenters. The molecule has 1 heterocycles. The Morgan fingerprint density at radius 1 is 1.25 bits per heavy atom. The van der Waals surface area contributed by atoms with E-state index in [1.807, 2.05) is 0 Å². The highest BCUT2D eigenvalue weighted by molar-refractivity contribution is 5.18. The van der Waals surface area contributed by atoms with Gasteiger partial charge < -0.3 is 10.6 Å². The number of piperidine rings is 1. The van der Waals surface area contributed by atoms with Crippen LogP contribution >= 0.6 is 0 Å². The topological polar surface area (TPSA) is 29.3 Å². The molecule has 2 heteroatoms. The molecule has 2 nitrogen and oxygen atoms in total. The Kier molecular flexibility index (Phi) is 6.06. The Labute approximate surface area is 124 Å². The highest BCUT2D eigenvalue weighted by atomic mass is 15.1. The van der Waals surface area contributed by atoms with Gasteiger partial charge in [-0.15, -0.1) is 0 Å². The molecule has 2 N–H and O–H groups in total. The van der Waals surface area contributed by atoms with E-state index in [1.54, 1.807) is 0 Å². The van der Waals surface area contributed by atoms with E-state index in [2.05, 4.69) is 49.2 Å². The average molecular weight is 274 g/mol. The zero-order valence-electron chi connectivity index (χ0n) is 13.1. The van der Waals surface area contributed by atoms with Gasteiger partial charge in [0, 0.05) is 18.6 Å². The zero-order valence-corrected chi connectivity index (χ0v) is 13.1. The standard InChI is InChI=1S/C18H30N2/c1-3-4-8-15-11-12-17(20(2)14-15)13-18(19)16-9-6-5-7-10-16/h5-7,9-10,15,17-18H,3-4,8,11-14,19H2,1-2H3. The van der Waals surface area contributed by atoms with Gasteiger partial charge in [-0.1, -0.05) is 50.1 Å². The molecule has 0 aromatic heterocycles. The van der Waals surface area contributed by atoms with Gasteiger partial charge in [-0.05, 0) is 44.2 Å². The molecule has 112 valence electrons. The van der Waals surface area contributed by atoms with E-state index < -0.39 is 0 Å². The van der Waals surface area contributed by atoms with Gasteiger partial charge in [-0.3, -0.25) is 0 Å². The van der Waals surface area contributed by atoms with Crippen LogP contribution in [0.3, 0.4) is 0 Å². The van der Waals surface area contributed by atoms with Crippen molar-refractivity contribution in [3.05, 3.63) is 35.9 Å². The van der Waals surface area contributed by atoms with Crippen LogP contribution in [0.1, 0.15) is 57.1 Å². The predicted octanol–water partition coefficient (Wildman–Crippen LogP) is 3.98. The molecule has 20 heavy (non-hydrogen) atoms. The first-order valence-electron chi connectivity index (χ1n) is 8.21. The quantitative estimate of drug-likeness (QED) is 0.850.